The molecule has 1 fully saturated rings. The summed E-state index contributed by atoms with van der Waals surface area (Å²) in [6.07, 6.45) is 0.986. The van der Waals surface area contributed by atoms with E-state index >= 15 is 0 Å². The highest BCUT2D eigenvalue weighted by molar-refractivity contribution is 5.90. The second-order valence-electron chi connectivity index (χ2n) is 11.6. The van der Waals surface area contributed by atoms with Crippen LogP contribution in [0.1, 0.15) is 58.3 Å². The molecule has 1 aliphatic rings. The lowest BCUT2D eigenvalue weighted by atomic mass is 9.93. The van der Waals surface area contributed by atoms with Crippen molar-refractivity contribution in [3.05, 3.63) is 71.3 Å². The highest BCUT2D eigenvalue weighted by atomic mass is 19.1. The van der Waals surface area contributed by atoms with Gasteiger partial charge in [-0.2, -0.15) is 0 Å². The predicted molar refractivity (Wildman–Crippen MR) is 142 cm³/mol. The minimum absolute atomic E-state index is 0.0183. The summed E-state index contributed by atoms with van der Waals surface area (Å²) in [5.74, 6) is -3.94. The Kier molecular flexibility index (Phi) is 8.34. The van der Waals surface area contributed by atoms with Gasteiger partial charge in [-0.05, 0) is 17.0 Å². The lowest BCUT2D eigenvalue weighted by Gasteiger charge is -2.29. The number of halogens is 3. The van der Waals surface area contributed by atoms with Gasteiger partial charge in [0.15, 0.2) is 0 Å². The number of aliphatic hydroxyl groups is 1. The van der Waals surface area contributed by atoms with E-state index in [1.165, 1.54) is 21.7 Å². The maximum Gasteiger partial charge on any atom is 0.248 e. The van der Waals surface area contributed by atoms with E-state index in [0.29, 0.717) is 17.7 Å². The van der Waals surface area contributed by atoms with Crippen LogP contribution >= 0.6 is 0 Å². The van der Waals surface area contributed by atoms with E-state index in [1.54, 1.807) is 18.3 Å². The van der Waals surface area contributed by atoms with E-state index in [4.69, 9.17) is 0 Å². The summed E-state index contributed by atoms with van der Waals surface area (Å²) in [5.41, 5.74) is 1.01. The zero-order valence-electron chi connectivity index (χ0n) is 23.2. The number of hydrogen-bond donors (Lipinski definition) is 2. The summed E-state index contributed by atoms with van der Waals surface area (Å²) in [4.78, 5) is 28.3. The minimum Gasteiger partial charge on any atom is -0.391 e. The first-order valence-corrected chi connectivity index (χ1v) is 13.2. The van der Waals surface area contributed by atoms with E-state index in [2.05, 4.69) is 15.6 Å². The van der Waals surface area contributed by atoms with Crippen molar-refractivity contribution in [2.45, 2.75) is 71.2 Å². The summed E-state index contributed by atoms with van der Waals surface area (Å²) >= 11 is 0. The maximum atomic E-state index is 14.1. The van der Waals surface area contributed by atoms with Crippen LogP contribution in [0.3, 0.4) is 0 Å². The molecule has 3 atom stereocenters. The Bertz CT molecular complexity index is 1360. The second-order valence-corrected chi connectivity index (χ2v) is 11.6. The molecule has 2 N–H and O–H groups in total. The summed E-state index contributed by atoms with van der Waals surface area (Å²) in [6.45, 7) is 9.87. The average Bonchev–Trinajstić information content (AvgIpc) is 3.50. The monoisotopic (exact) mass is 557 g/mol. The molecule has 1 aliphatic heterocycles. The molecular weight excluding hydrogens is 523 g/mol. The average molecular weight is 558 g/mol. The van der Waals surface area contributed by atoms with Crippen LogP contribution in [0.25, 0.3) is 11.1 Å². The van der Waals surface area contributed by atoms with E-state index in [9.17, 15) is 27.9 Å². The Balaban J connectivity index is 1.46. The molecular formula is C29H34F3N5O3. The van der Waals surface area contributed by atoms with Gasteiger partial charge in [0.25, 0.3) is 0 Å². The number of nitrogens with one attached hydrogen (secondary N) is 1. The number of benzene rings is 2. The first kappa shape index (κ1) is 29.3. The molecule has 1 aromatic heterocycles. The molecule has 0 radical (unpaired) electrons. The summed E-state index contributed by atoms with van der Waals surface area (Å²) in [7, 11) is 0. The quantitative estimate of drug-likeness (QED) is 0.455. The number of aliphatic hydroxyl groups excluding tert-OH is 1. The van der Waals surface area contributed by atoms with E-state index in [-0.39, 0.29) is 47.9 Å². The van der Waals surface area contributed by atoms with Crippen LogP contribution in [-0.4, -0.2) is 55.5 Å². The number of rotatable bonds is 7. The topological polar surface area (TPSA) is 100 Å². The van der Waals surface area contributed by atoms with Gasteiger partial charge in [-0.1, -0.05) is 64.1 Å². The SMILES string of the molecule is CC(C)[C@@H](C(=O)N1C[C@H](O)C[C@H]1C(=O)NCc1ccc(-c2c(F)cc(F)cc2F)cc1)n1cc(C(C)(C)C)nn1. The zero-order chi connectivity index (χ0) is 29.4. The van der Waals surface area contributed by atoms with E-state index in [1.807, 2.05) is 34.6 Å². The number of likely N-dealkylation sites (tertiary alicyclic amines) is 1. The molecule has 0 saturated carbocycles. The fourth-order valence-corrected chi connectivity index (χ4v) is 4.85. The van der Waals surface area contributed by atoms with Crippen molar-refractivity contribution in [3.63, 3.8) is 0 Å². The molecule has 2 heterocycles. The molecule has 1 saturated heterocycles. The van der Waals surface area contributed by atoms with Crippen LogP contribution < -0.4 is 5.32 Å². The van der Waals surface area contributed by atoms with Crippen LogP contribution in [0.2, 0.25) is 0 Å². The van der Waals surface area contributed by atoms with Gasteiger partial charge in [-0.25, -0.2) is 17.9 Å². The van der Waals surface area contributed by atoms with Gasteiger partial charge in [0.2, 0.25) is 11.8 Å². The van der Waals surface area contributed by atoms with Crippen LogP contribution in [0.4, 0.5) is 13.2 Å². The van der Waals surface area contributed by atoms with Gasteiger partial charge in [0.1, 0.15) is 29.5 Å². The molecule has 4 rings (SSSR count). The Hall–Kier alpha value is -3.73. The van der Waals surface area contributed by atoms with Crippen LogP contribution in [0.15, 0.2) is 42.6 Å². The molecule has 8 nitrogen and oxygen atoms in total. The third kappa shape index (κ3) is 6.19. The number of β-amino-alcohol motifs (C(OH)–C–C–N with tert-alkyl or cyclic N) is 1. The lowest BCUT2D eigenvalue weighted by Crippen LogP contribution is -2.49. The van der Waals surface area contributed by atoms with Gasteiger partial charge in [-0.15, -0.1) is 5.10 Å². The van der Waals surface area contributed by atoms with Crippen molar-refractivity contribution < 1.29 is 27.9 Å². The smallest absolute Gasteiger partial charge is 0.248 e. The normalized spacial score (nSPS) is 18.3. The van der Waals surface area contributed by atoms with Crippen molar-refractivity contribution in [1.29, 1.82) is 0 Å². The minimum atomic E-state index is -1.01. The second kappa shape index (κ2) is 11.4. The Morgan fingerprint density at radius 2 is 1.73 bits per heavy atom. The molecule has 2 aromatic carbocycles. The molecule has 0 aliphatic carbocycles. The Morgan fingerprint density at radius 1 is 1.10 bits per heavy atom. The van der Waals surface area contributed by atoms with Gasteiger partial charge in [0.05, 0.1) is 17.4 Å². The molecule has 0 spiro atoms. The van der Waals surface area contributed by atoms with Gasteiger partial charge in [-0.3, -0.25) is 9.59 Å². The third-order valence-corrected chi connectivity index (χ3v) is 7.03. The molecule has 40 heavy (non-hydrogen) atoms. The largest absolute Gasteiger partial charge is 0.391 e. The van der Waals surface area contributed by atoms with Crippen molar-refractivity contribution >= 4 is 11.8 Å². The van der Waals surface area contributed by atoms with Crippen molar-refractivity contribution in [2.24, 2.45) is 5.92 Å². The summed E-state index contributed by atoms with van der Waals surface area (Å²) < 4.78 is 43.0. The molecule has 0 unspecified atom stereocenters. The van der Waals surface area contributed by atoms with Gasteiger partial charge >= 0.3 is 0 Å². The summed E-state index contributed by atoms with van der Waals surface area (Å²) in [5, 5.41) is 21.6. The van der Waals surface area contributed by atoms with Crippen LogP contribution in [0, 0.1) is 23.4 Å². The third-order valence-electron chi connectivity index (χ3n) is 7.03. The zero-order valence-corrected chi connectivity index (χ0v) is 23.2. The van der Waals surface area contributed by atoms with Crippen molar-refractivity contribution in [2.75, 3.05) is 6.54 Å². The number of carbonyl (C=O) groups excluding carboxylic acids is 2. The number of nitrogens with zero attached hydrogens (tertiary/aromatic N) is 4. The number of amides is 2. The maximum absolute atomic E-state index is 14.1. The number of hydrogen-bond acceptors (Lipinski definition) is 5. The molecule has 11 heteroatoms. The standard InChI is InChI=1S/C29H34F3N5O3/c1-16(2)26(37-15-24(34-35-37)29(3,4)5)28(40)36-14-20(38)12-23(36)27(39)33-13-17-6-8-18(9-7-17)25-21(31)10-19(30)11-22(25)32/h6-11,15-16,20,23,26,38H,12-14H2,1-5H3,(H,33,39)/t20-,23+,26+/m1/s1. The molecule has 2 amide bonds. The fraction of sp³-hybridized carbons (Fsp3) is 0.448. The predicted octanol–water partition coefficient (Wildman–Crippen LogP) is 4.14. The first-order chi connectivity index (χ1) is 18.8. The summed E-state index contributed by atoms with van der Waals surface area (Å²) in [6, 6.07) is 5.80. The van der Waals surface area contributed by atoms with Crippen molar-refractivity contribution in [1.82, 2.24) is 25.2 Å². The number of carbonyl (C=O) groups is 2. The number of aromatic nitrogens is 3. The Labute approximate surface area is 231 Å². The van der Waals surface area contributed by atoms with E-state index in [0.717, 1.165) is 5.69 Å². The van der Waals surface area contributed by atoms with Gasteiger partial charge < -0.3 is 15.3 Å². The van der Waals surface area contributed by atoms with Crippen molar-refractivity contribution in [3.8, 4) is 11.1 Å². The van der Waals surface area contributed by atoms with Gasteiger partial charge in [0, 0.05) is 43.3 Å². The van der Waals surface area contributed by atoms with E-state index < -0.39 is 41.5 Å². The highest BCUT2D eigenvalue weighted by Crippen LogP contribution is 2.29. The first-order valence-electron chi connectivity index (χ1n) is 13.2. The van der Waals surface area contributed by atoms with Crippen LogP contribution in [0.5, 0.6) is 0 Å². The molecule has 0 bridgehead atoms. The molecule has 214 valence electrons. The molecule has 3 aromatic rings. The Morgan fingerprint density at radius 3 is 2.27 bits per heavy atom. The lowest BCUT2D eigenvalue weighted by molar-refractivity contribution is -0.142. The fourth-order valence-electron chi connectivity index (χ4n) is 4.85. The van der Waals surface area contributed by atoms with Crippen LogP contribution in [-0.2, 0) is 21.5 Å². The highest BCUT2D eigenvalue weighted by Gasteiger charge is 2.42.